The summed E-state index contributed by atoms with van der Waals surface area (Å²) in [6, 6.07) is 9.77. The standard InChI is InChI=1S/C28H32N6O2S/c1-4-33(5-2)18(3)8-11-24(35)20-15-23(30-26(16-20)32-28(36)19-9-10-19)21-17-29-34-13-12-22(31-27(21)34)25-7-6-14-37-25/h6-7,12-19H,4-5,8-11H2,1-3H3,(H,30,32,36)/t18-/m0/s1. The first-order valence-corrected chi connectivity index (χ1v) is 13.8. The third kappa shape index (κ3) is 5.62. The molecule has 1 aliphatic carbocycles. The molecule has 0 spiro atoms. The molecule has 1 atom stereocenters. The molecule has 5 rings (SSSR count). The highest BCUT2D eigenvalue weighted by Gasteiger charge is 2.30. The van der Waals surface area contributed by atoms with E-state index in [-0.39, 0.29) is 17.6 Å². The fourth-order valence-corrected chi connectivity index (χ4v) is 5.29. The number of hydrogen-bond donors (Lipinski definition) is 1. The van der Waals surface area contributed by atoms with Crippen LogP contribution in [0.15, 0.2) is 48.1 Å². The fraction of sp³-hybridized carbons (Fsp3) is 0.393. The quantitative estimate of drug-likeness (QED) is 0.262. The number of hydrogen-bond acceptors (Lipinski definition) is 7. The molecule has 0 saturated heterocycles. The number of carbonyl (C=O) groups is 2. The topological polar surface area (TPSA) is 92.5 Å². The van der Waals surface area contributed by atoms with Gasteiger partial charge < -0.3 is 10.2 Å². The second-order valence-corrected chi connectivity index (χ2v) is 10.5. The average Bonchev–Trinajstić information content (AvgIpc) is 3.45. The van der Waals surface area contributed by atoms with E-state index in [1.54, 1.807) is 34.2 Å². The highest BCUT2D eigenvalue weighted by molar-refractivity contribution is 7.13. The second kappa shape index (κ2) is 10.9. The Hall–Kier alpha value is -3.43. The third-order valence-corrected chi connectivity index (χ3v) is 7.88. The van der Waals surface area contributed by atoms with E-state index < -0.39 is 0 Å². The van der Waals surface area contributed by atoms with E-state index in [4.69, 9.17) is 9.97 Å². The number of carbonyl (C=O) groups excluding carboxylic acids is 2. The van der Waals surface area contributed by atoms with Gasteiger partial charge in [0.05, 0.1) is 28.0 Å². The Labute approximate surface area is 220 Å². The SMILES string of the molecule is CCN(CC)[C@@H](C)CCC(=O)c1cc(NC(=O)C2CC2)nc(-c2cnn3ccc(-c4cccs4)nc23)c1. The molecular formula is C28H32N6O2S. The monoisotopic (exact) mass is 516 g/mol. The van der Waals surface area contributed by atoms with Crippen LogP contribution in [0.4, 0.5) is 5.82 Å². The van der Waals surface area contributed by atoms with Crippen molar-refractivity contribution in [2.75, 3.05) is 18.4 Å². The van der Waals surface area contributed by atoms with Gasteiger partial charge in [0.2, 0.25) is 5.91 Å². The van der Waals surface area contributed by atoms with E-state index in [1.807, 2.05) is 29.8 Å². The molecule has 1 aliphatic rings. The van der Waals surface area contributed by atoms with Crippen LogP contribution in [0.1, 0.15) is 56.8 Å². The van der Waals surface area contributed by atoms with E-state index in [2.05, 4.69) is 36.1 Å². The highest BCUT2D eigenvalue weighted by atomic mass is 32.1. The van der Waals surface area contributed by atoms with Crippen LogP contribution in [-0.4, -0.2) is 55.3 Å². The fourth-order valence-electron chi connectivity index (χ4n) is 4.59. The normalized spacial score (nSPS) is 14.3. The molecule has 0 bridgehead atoms. The lowest BCUT2D eigenvalue weighted by molar-refractivity contribution is -0.117. The number of nitrogens with zero attached hydrogens (tertiary/aromatic N) is 5. The van der Waals surface area contributed by atoms with Crippen molar-refractivity contribution in [1.29, 1.82) is 0 Å². The maximum atomic E-state index is 13.3. The molecular weight excluding hydrogens is 484 g/mol. The number of Topliss-reactive ketones (excluding diaryl/α,β-unsaturated/α-hetero) is 1. The summed E-state index contributed by atoms with van der Waals surface area (Å²) in [4.78, 5) is 38.8. The molecule has 0 aliphatic heterocycles. The molecule has 4 aromatic heterocycles. The van der Waals surface area contributed by atoms with Crippen LogP contribution < -0.4 is 5.32 Å². The molecule has 8 nitrogen and oxygen atoms in total. The van der Waals surface area contributed by atoms with Gasteiger partial charge in [-0.05, 0) is 68.9 Å². The number of aromatic nitrogens is 4. The van der Waals surface area contributed by atoms with E-state index >= 15 is 0 Å². The zero-order valence-electron chi connectivity index (χ0n) is 21.5. The summed E-state index contributed by atoms with van der Waals surface area (Å²) in [5.41, 5.74) is 3.32. The summed E-state index contributed by atoms with van der Waals surface area (Å²) in [5.74, 6) is 0.416. The van der Waals surface area contributed by atoms with Gasteiger partial charge in [-0.2, -0.15) is 5.10 Å². The van der Waals surface area contributed by atoms with Crippen molar-refractivity contribution in [3.8, 4) is 21.8 Å². The minimum Gasteiger partial charge on any atom is -0.310 e. The molecule has 1 N–H and O–H groups in total. The lowest BCUT2D eigenvalue weighted by Crippen LogP contribution is -2.33. The van der Waals surface area contributed by atoms with E-state index in [0.717, 1.165) is 42.9 Å². The molecule has 1 amide bonds. The first-order valence-electron chi connectivity index (χ1n) is 13.0. The average molecular weight is 517 g/mol. The predicted molar refractivity (Wildman–Crippen MR) is 147 cm³/mol. The molecule has 0 aromatic carbocycles. The molecule has 4 aromatic rings. The predicted octanol–water partition coefficient (Wildman–Crippen LogP) is 5.56. The zero-order chi connectivity index (χ0) is 25.9. The van der Waals surface area contributed by atoms with Crippen LogP contribution in [0, 0.1) is 5.92 Å². The summed E-state index contributed by atoms with van der Waals surface area (Å²) >= 11 is 1.62. The van der Waals surface area contributed by atoms with E-state index in [9.17, 15) is 9.59 Å². The minimum absolute atomic E-state index is 0.0338. The molecule has 4 heterocycles. The van der Waals surface area contributed by atoms with Crippen molar-refractivity contribution in [2.24, 2.45) is 5.92 Å². The van der Waals surface area contributed by atoms with Gasteiger partial charge in [-0.1, -0.05) is 19.9 Å². The van der Waals surface area contributed by atoms with Crippen LogP contribution in [0.3, 0.4) is 0 Å². The lowest BCUT2D eigenvalue weighted by atomic mass is 10.0. The van der Waals surface area contributed by atoms with Crippen molar-refractivity contribution in [3.63, 3.8) is 0 Å². The Bertz CT molecular complexity index is 1410. The third-order valence-electron chi connectivity index (χ3n) is 6.99. The van der Waals surface area contributed by atoms with Crippen molar-refractivity contribution in [3.05, 3.63) is 53.7 Å². The van der Waals surface area contributed by atoms with Gasteiger partial charge in [0.25, 0.3) is 0 Å². The van der Waals surface area contributed by atoms with Gasteiger partial charge in [0, 0.05) is 30.1 Å². The number of nitrogens with one attached hydrogen (secondary N) is 1. The highest BCUT2D eigenvalue weighted by Crippen LogP contribution is 2.32. The smallest absolute Gasteiger partial charge is 0.228 e. The maximum Gasteiger partial charge on any atom is 0.228 e. The molecule has 1 fully saturated rings. The van der Waals surface area contributed by atoms with Gasteiger partial charge in [-0.15, -0.1) is 11.3 Å². The summed E-state index contributed by atoms with van der Waals surface area (Å²) in [6.07, 6.45) is 6.57. The van der Waals surface area contributed by atoms with Gasteiger partial charge in [-0.25, -0.2) is 14.5 Å². The number of anilines is 1. The Kier molecular flexibility index (Phi) is 7.43. The maximum absolute atomic E-state index is 13.3. The van der Waals surface area contributed by atoms with Crippen LogP contribution in [-0.2, 0) is 4.79 Å². The van der Waals surface area contributed by atoms with Gasteiger partial charge in [0.1, 0.15) is 5.82 Å². The van der Waals surface area contributed by atoms with Crippen LogP contribution in [0.25, 0.3) is 27.5 Å². The van der Waals surface area contributed by atoms with E-state index in [0.29, 0.717) is 40.7 Å². The number of ketones is 1. The van der Waals surface area contributed by atoms with Crippen LogP contribution in [0.2, 0.25) is 0 Å². The molecule has 0 radical (unpaired) electrons. The molecule has 9 heteroatoms. The van der Waals surface area contributed by atoms with Crippen molar-refractivity contribution in [2.45, 2.75) is 52.5 Å². The number of amides is 1. The summed E-state index contributed by atoms with van der Waals surface area (Å²) in [7, 11) is 0. The summed E-state index contributed by atoms with van der Waals surface area (Å²) < 4.78 is 1.71. The molecule has 0 unspecified atom stereocenters. The van der Waals surface area contributed by atoms with E-state index in [1.165, 1.54) is 0 Å². The van der Waals surface area contributed by atoms with Gasteiger partial charge >= 0.3 is 0 Å². The number of pyridine rings is 1. The largest absolute Gasteiger partial charge is 0.310 e. The molecule has 192 valence electrons. The second-order valence-electron chi connectivity index (χ2n) is 9.54. The van der Waals surface area contributed by atoms with Gasteiger partial charge in [0.15, 0.2) is 11.4 Å². The Morgan fingerprint density at radius 3 is 2.68 bits per heavy atom. The molecule has 37 heavy (non-hydrogen) atoms. The van der Waals surface area contributed by atoms with Crippen molar-refractivity contribution in [1.82, 2.24) is 24.5 Å². The summed E-state index contributed by atoms with van der Waals surface area (Å²) in [5, 5.41) is 9.41. The van der Waals surface area contributed by atoms with Crippen LogP contribution in [0.5, 0.6) is 0 Å². The number of thiophene rings is 1. The molecule has 1 saturated carbocycles. The van der Waals surface area contributed by atoms with Crippen molar-refractivity contribution >= 4 is 34.5 Å². The first kappa shape index (κ1) is 25.2. The van der Waals surface area contributed by atoms with Crippen molar-refractivity contribution < 1.29 is 9.59 Å². The minimum atomic E-state index is -0.0452. The zero-order valence-corrected chi connectivity index (χ0v) is 22.3. The first-order chi connectivity index (χ1) is 18.0. The summed E-state index contributed by atoms with van der Waals surface area (Å²) in [6.45, 7) is 8.35. The van der Waals surface area contributed by atoms with Gasteiger partial charge in [-0.3, -0.25) is 9.59 Å². The number of fused-ring (bicyclic) bond motifs is 1. The lowest BCUT2D eigenvalue weighted by Gasteiger charge is -2.26. The Balaban J connectivity index is 1.48. The van der Waals surface area contributed by atoms with Crippen LogP contribution >= 0.6 is 11.3 Å². The Morgan fingerprint density at radius 2 is 1.97 bits per heavy atom. The Morgan fingerprint density at radius 1 is 1.16 bits per heavy atom. The number of rotatable bonds is 11.